The van der Waals surface area contributed by atoms with Crippen LogP contribution in [0, 0.1) is 17.3 Å². The smallest absolute Gasteiger partial charge is 0.00177 e. The lowest BCUT2D eigenvalue weighted by atomic mass is 9.61. The van der Waals surface area contributed by atoms with Crippen molar-refractivity contribution in [2.24, 2.45) is 17.3 Å². The summed E-state index contributed by atoms with van der Waals surface area (Å²) < 4.78 is 0. The Morgan fingerprint density at radius 2 is 2.08 bits per heavy atom. The van der Waals surface area contributed by atoms with E-state index in [-0.39, 0.29) is 0 Å². The summed E-state index contributed by atoms with van der Waals surface area (Å²) in [7, 11) is 0. The van der Waals surface area contributed by atoms with Crippen molar-refractivity contribution in [1.29, 1.82) is 0 Å². The third-order valence-electron chi connectivity index (χ3n) is 4.01. The molecule has 1 heteroatoms. The van der Waals surface area contributed by atoms with E-state index < -0.39 is 0 Å². The van der Waals surface area contributed by atoms with Crippen molar-refractivity contribution < 1.29 is 0 Å². The summed E-state index contributed by atoms with van der Waals surface area (Å²) in [6, 6.07) is 0. The fourth-order valence-corrected chi connectivity index (χ4v) is 3.26. The summed E-state index contributed by atoms with van der Waals surface area (Å²) in [5, 5.41) is 3.52. The fraction of sp³-hybridized carbons (Fsp3) is 1.00. The molecule has 2 rings (SSSR count). The van der Waals surface area contributed by atoms with E-state index >= 15 is 0 Å². The molecule has 70 valence electrons. The second kappa shape index (κ2) is 3.02. The third-order valence-corrected chi connectivity index (χ3v) is 4.01. The molecule has 0 spiro atoms. The van der Waals surface area contributed by atoms with Crippen LogP contribution >= 0.6 is 0 Å². The van der Waals surface area contributed by atoms with Gasteiger partial charge in [0, 0.05) is 0 Å². The molecule has 0 aromatic carbocycles. The molecule has 1 saturated heterocycles. The number of fused-ring (bicyclic) bond motifs is 1. The summed E-state index contributed by atoms with van der Waals surface area (Å²) in [5.41, 5.74) is 0.630. The molecule has 2 atom stereocenters. The van der Waals surface area contributed by atoms with Crippen LogP contribution < -0.4 is 5.32 Å². The molecular formula is C11H21N. The van der Waals surface area contributed by atoms with Crippen LogP contribution in [0.25, 0.3) is 0 Å². The van der Waals surface area contributed by atoms with Crippen LogP contribution in [-0.2, 0) is 0 Å². The molecule has 1 N–H and O–H groups in total. The van der Waals surface area contributed by atoms with Gasteiger partial charge in [-0.25, -0.2) is 0 Å². The predicted molar refractivity (Wildman–Crippen MR) is 52.1 cm³/mol. The van der Waals surface area contributed by atoms with Gasteiger partial charge in [0.1, 0.15) is 0 Å². The summed E-state index contributed by atoms with van der Waals surface area (Å²) >= 11 is 0. The van der Waals surface area contributed by atoms with Crippen LogP contribution in [0.2, 0.25) is 0 Å². The Morgan fingerprint density at radius 1 is 1.25 bits per heavy atom. The van der Waals surface area contributed by atoms with E-state index in [1.54, 1.807) is 0 Å². The average molecular weight is 167 g/mol. The van der Waals surface area contributed by atoms with Gasteiger partial charge in [-0.3, -0.25) is 0 Å². The van der Waals surface area contributed by atoms with Gasteiger partial charge in [-0.1, -0.05) is 20.3 Å². The SMILES string of the molecule is CC1(C)CCC[C@H]2CNCC[C@H]21. The van der Waals surface area contributed by atoms with Gasteiger partial charge >= 0.3 is 0 Å². The standard InChI is InChI=1S/C11H21N/c1-11(2)6-3-4-9-8-12-7-5-10(9)11/h9-10,12H,3-8H2,1-2H3/t9-,10+/m0/s1. The Kier molecular flexibility index (Phi) is 2.16. The molecule has 0 radical (unpaired) electrons. The quantitative estimate of drug-likeness (QED) is 0.584. The molecule has 1 heterocycles. The number of hydrogen-bond acceptors (Lipinski definition) is 1. The van der Waals surface area contributed by atoms with E-state index in [9.17, 15) is 0 Å². The summed E-state index contributed by atoms with van der Waals surface area (Å²) in [5.74, 6) is 2.00. The predicted octanol–water partition coefficient (Wildman–Crippen LogP) is 2.42. The van der Waals surface area contributed by atoms with Crippen molar-refractivity contribution >= 4 is 0 Å². The highest BCUT2D eigenvalue weighted by molar-refractivity contribution is 4.91. The Morgan fingerprint density at radius 3 is 2.83 bits per heavy atom. The van der Waals surface area contributed by atoms with Crippen LogP contribution in [-0.4, -0.2) is 13.1 Å². The second-order valence-electron chi connectivity index (χ2n) is 5.24. The summed E-state index contributed by atoms with van der Waals surface area (Å²) in [6.45, 7) is 7.48. The van der Waals surface area contributed by atoms with Crippen LogP contribution in [0.15, 0.2) is 0 Å². The minimum absolute atomic E-state index is 0.630. The molecule has 2 fully saturated rings. The van der Waals surface area contributed by atoms with E-state index in [4.69, 9.17) is 0 Å². The normalized spacial score (nSPS) is 40.5. The molecule has 12 heavy (non-hydrogen) atoms. The minimum atomic E-state index is 0.630. The molecule has 1 nitrogen and oxygen atoms in total. The number of rotatable bonds is 0. The zero-order valence-corrected chi connectivity index (χ0v) is 8.40. The lowest BCUT2D eigenvalue weighted by Crippen LogP contribution is -2.45. The minimum Gasteiger partial charge on any atom is -0.316 e. The van der Waals surface area contributed by atoms with E-state index in [0.717, 1.165) is 11.8 Å². The molecule has 0 unspecified atom stereocenters. The van der Waals surface area contributed by atoms with Gasteiger partial charge < -0.3 is 5.32 Å². The maximum absolute atomic E-state index is 3.52. The zero-order valence-electron chi connectivity index (χ0n) is 8.40. The van der Waals surface area contributed by atoms with Gasteiger partial charge in [-0.2, -0.15) is 0 Å². The maximum atomic E-state index is 3.52. The first-order chi connectivity index (χ1) is 5.70. The fourth-order valence-electron chi connectivity index (χ4n) is 3.26. The van der Waals surface area contributed by atoms with E-state index in [0.29, 0.717) is 5.41 Å². The van der Waals surface area contributed by atoms with Crippen molar-refractivity contribution in [3.8, 4) is 0 Å². The first-order valence-electron chi connectivity index (χ1n) is 5.41. The number of hydrogen-bond donors (Lipinski definition) is 1. The Bertz CT molecular complexity index is 160. The van der Waals surface area contributed by atoms with E-state index in [1.165, 1.54) is 38.8 Å². The van der Waals surface area contributed by atoms with Gasteiger partial charge in [0.25, 0.3) is 0 Å². The highest BCUT2D eigenvalue weighted by Gasteiger charge is 2.39. The van der Waals surface area contributed by atoms with Crippen LogP contribution in [0.3, 0.4) is 0 Å². The summed E-state index contributed by atoms with van der Waals surface area (Å²) in [6.07, 6.45) is 5.79. The van der Waals surface area contributed by atoms with Crippen LogP contribution in [0.1, 0.15) is 39.5 Å². The van der Waals surface area contributed by atoms with Gasteiger partial charge in [-0.05, 0) is 49.6 Å². The second-order valence-corrected chi connectivity index (χ2v) is 5.24. The van der Waals surface area contributed by atoms with Gasteiger partial charge in [-0.15, -0.1) is 0 Å². The first kappa shape index (κ1) is 8.55. The number of nitrogens with one attached hydrogen (secondary N) is 1. The molecule has 0 bridgehead atoms. The third kappa shape index (κ3) is 1.39. The summed E-state index contributed by atoms with van der Waals surface area (Å²) in [4.78, 5) is 0. The molecule has 0 aromatic heterocycles. The lowest BCUT2D eigenvalue weighted by molar-refractivity contribution is 0.0493. The molecule has 0 amide bonds. The molecule has 0 aromatic rings. The first-order valence-corrected chi connectivity index (χ1v) is 5.41. The van der Waals surface area contributed by atoms with Crippen molar-refractivity contribution in [3.63, 3.8) is 0 Å². The largest absolute Gasteiger partial charge is 0.316 e. The molecule has 1 saturated carbocycles. The Hall–Kier alpha value is -0.0400. The topological polar surface area (TPSA) is 12.0 Å². The molecular weight excluding hydrogens is 146 g/mol. The van der Waals surface area contributed by atoms with E-state index in [1.807, 2.05) is 0 Å². The Balaban J connectivity index is 2.09. The van der Waals surface area contributed by atoms with Crippen LogP contribution in [0.5, 0.6) is 0 Å². The van der Waals surface area contributed by atoms with Crippen molar-refractivity contribution in [2.75, 3.05) is 13.1 Å². The molecule has 2 aliphatic rings. The lowest BCUT2D eigenvalue weighted by Gasteiger charge is -2.47. The van der Waals surface area contributed by atoms with E-state index in [2.05, 4.69) is 19.2 Å². The van der Waals surface area contributed by atoms with Crippen molar-refractivity contribution in [1.82, 2.24) is 5.32 Å². The highest BCUT2D eigenvalue weighted by atomic mass is 14.9. The number of piperidine rings is 1. The van der Waals surface area contributed by atoms with Crippen molar-refractivity contribution in [2.45, 2.75) is 39.5 Å². The maximum Gasteiger partial charge on any atom is -0.00177 e. The average Bonchev–Trinajstić information content (AvgIpc) is 2.04. The Labute approximate surface area is 75.9 Å². The van der Waals surface area contributed by atoms with Crippen molar-refractivity contribution in [3.05, 3.63) is 0 Å². The van der Waals surface area contributed by atoms with Gasteiger partial charge in [0.2, 0.25) is 0 Å². The monoisotopic (exact) mass is 167 g/mol. The molecule has 1 aliphatic carbocycles. The van der Waals surface area contributed by atoms with Gasteiger partial charge in [0.05, 0.1) is 0 Å². The van der Waals surface area contributed by atoms with Gasteiger partial charge in [0.15, 0.2) is 0 Å². The zero-order chi connectivity index (χ0) is 8.60. The highest BCUT2D eigenvalue weighted by Crippen LogP contribution is 2.46. The molecule has 1 aliphatic heterocycles. The van der Waals surface area contributed by atoms with Crippen LogP contribution in [0.4, 0.5) is 0 Å².